The summed E-state index contributed by atoms with van der Waals surface area (Å²) in [6, 6.07) is 12.3. The third kappa shape index (κ3) is 4.03. The van der Waals surface area contributed by atoms with E-state index in [1.54, 1.807) is 6.07 Å². The molecule has 0 aliphatic heterocycles. The van der Waals surface area contributed by atoms with E-state index in [4.69, 9.17) is 10.6 Å². The van der Waals surface area contributed by atoms with E-state index < -0.39 is 0 Å². The van der Waals surface area contributed by atoms with Gasteiger partial charge in [-0.05, 0) is 65.2 Å². The van der Waals surface area contributed by atoms with Gasteiger partial charge in [-0.15, -0.1) is 0 Å². The van der Waals surface area contributed by atoms with Gasteiger partial charge in [-0.3, -0.25) is 5.84 Å². The Balaban J connectivity index is 2.34. The molecule has 0 aliphatic rings. The summed E-state index contributed by atoms with van der Waals surface area (Å²) in [4.78, 5) is 0. The van der Waals surface area contributed by atoms with Crippen molar-refractivity contribution < 1.29 is 9.13 Å². The standard InChI is InChI=1S/C16H18BrFN2O/c1-10(2)21-13-5-3-4-11(8-13)16(20-19)12-6-7-14(17)15(18)9-12/h3-10,16,20H,19H2,1-2H3. The van der Waals surface area contributed by atoms with Gasteiger partial charge in [0.25, 0.3) is 0 Å². The third-order valence-corrected chi connectivity index (χ3v) is 3.65. The first-order valence-corrected chi connectivity index (χ1v) is 7.48. The van der Waals surface area contributed by atoms with Crippen LogP contribution >= 0.6 is 15.9 Å². The fourth-order valence-corrected chi connectivity index (χ4v) is 2.36. The first-order valence-electron chi connectivity index (χ1n) is 6.69. The van der Waals surface area contributed by atoms with Crippen LogP contribution in [0.15, 0.2) is 46.9 Å². The number of hydrazine groups is 1. The van der Waals surface area contributed by atoms with Gasteiger partial charge < -0.3 is 4.74 Å². The molecule has 112 valence electrons. The summed E-state index contributed by atoms with van der Waals surface area (Å²) in [6.07, 6.45) is 0.0923. The molecule has 0 saturated carbocycles. The smallest absolute Gasteiger partial charge is 0.137 e. The second kappa shape index (κ2) is 7.02. The normalized spacial score (nSPS) is 12.5. The molecule has 0 bridgehead atoms. The average molecular weight is 353 g/mol. The van der Waals surface area contributed by atoms with Gasteiger partial charge in [0, 0.05) is 0 Å². The van der Waals surface area contributed by atoms with E-state index >= 15 is 0 Å². The summed E-state index contributed by atoms with van der Waals surface area (Å²) in [5, 5.41) is 0. The van der Waals surface area contributed by atoms with Crippen molar-refractivity contribution in [3.8, 4) is 5.75 Å². The van der Waals surface area contributed by atoms with Gasteiger partial charge >= 0.3 is 0 Å². The van der Waals surface area contributed by atoms with E-state index in [-0.39, 0.29) is 18.0 Å². The lowest BCUT2D eigenvalue weighted by Gasteiger charge is -2.19. The fraction of sp³-hybridized carbons (Fsp3) is 0.250. The van der Waals surface area contributed by atoms with Crippen molar-refractivity contribution in [2.75, 3.05) is 0 Å². The maximum atomic E-state index is 13.7. The van der Waals surface area contributed by atoms with E-state index in [9.17, 15) is 4.39 Å². The van der Waals surface area contributed by atoms with Gasteiger partial charge in [0.15, 0.2) is 0 Å². The van der Waals surface area contributed by atoms with Crippen LogP contribution in [0, 0.1) is 5.82 Å². The molecule has 5 heteroatoms. The zero-order valence-corrected chi connectivity index (χ0v) is 13.5. The van der Waals surface area contributed by atoms with Crippen molar-refractivity contribution in [3.63, 3.8) is 0 Å². The minimum atomic E-state index is -0.317. The minimum absolute atomic E-state index is 0.0923. The molecular weight excluding hydrogens is 335 g/mol. The molecule has 2 rings (SSSR count). The lowest BCUT2D eigenvalue weighted by atomic mass is 9.99. The minimum Gasteiger partial charge on any atom is -0.491 e. The molecule has 0 saturated heterocycles. The monoisotopic (exact) mass is 352 g/mol. The second-order valence-electron chi connectivity index (χ2n) is 5.01. The number of halogens is 2. The average Bonchev–Trinajstić information content (AvgIpc) is 2.43. The molecule has 0 aliphatic carbocycles. The summed E-state index contributed by atoms with van der Waals surface area (Å²) >= 11 is 3.15. The van der Waals surface area contributed by atoms with E-state index in [2.05, 4.69) is 21.4 Å². The number of nitrogens with one attached hydrogen (secondary N) is 1. The van der Waals surface area contributed by atoms with Gasteiger partial charge in [0.05, 0.1) is 16.6 Å². The Morgan fingerprint density at radius 2 is 1.86 bits per heavy atom. The zero-order chi connectivity index (χ0) is 15.4. The van der Waals surface area contributed by atoms with E-state index in [0.29, 0.717) is 4.47 Å². The highest BCUT2D eigenvalue weighted by atomic mass is 79.9. The van der Waals surface area contributed by atoms with E-state index in [0.717, 1.165) is 16.9 Å². The molecule has 0 amide bonds. The number of hydrogen-bond acceptors (Lipinski definition) is 3. The topological polar surface area (TPSA) is 47.3 Å². The maximum absolute atomic E-state index is 13.7. The molecule has 0 fully saturated rings. The van der Waals surface area contributed by atoms with Crippen LogP contribution in [0.5, 0.6) is 5.75 Å². The molecule has 3 nitrogen and oxygen atoms in total. The van der Waals surface area contributed by atoms with Crippen molar-refractivity contribution >= 4 is 15.9 Å². The highest BCUT2D eigenvalue weighted by Crippen LogP contribution is 2.27. The lowest BCUT2D eigenvalue weighted by molar-refractivity contribution is 0.242. The van der Waals surface area contributed by atoms with Gasteiger partial charge in [-0.2, -0.15) is 0 Å². The number of benzene rings is 2. The molecule has 0 heterocycles. The second-order valence-corrected chi connectivity index (χ2v) is 5.87. The summed E-state index contributed by atoms with van der Waals surface area (Å²) in [5.74, 6) is 6.10. The van der Waals surface area contributed by atoms with Gasteiger partial charge in [0.1, 0.15) is 11.6 Å². The molecule has 0 spiro atoms. The summed E-state index contributed by atoms with van der Waals surface area (Å²) in [5.41, 5.74) is 4.39. The SMILES string of the molecule is CC(C)Oc1cccc(C(NN)c2ccc(Br)c(F)c2)c1. The van der Waals surface area contributed by atoms with Crippen LogP contribution in [0.1, 0.15) is 31.0 Å². The van der Waals surface area contributed by atoms with Crippen LogP contribution in [-0.2, 0) is 0 Å². The molecule has 2 aromatic carbocycles. The molecule has 0 radical (unpaired) electrons. The van der Waals surface area contributed by atoms with Crippen molar-refractivity contribution in [1.82, 2.24) is 5.43 Å². The van der Waals surface area contributed by atoms with Crippen LogP contribution in [0.3, 0.4) is 0 Å². The number of rotatable bonds is 5. The summed E-state index contributed by atoms with van der Waals surface area (Å²) in [6.45, 7) is 3.94. The Kier molecular flexibility index (Phi) is 5.33. The highest BCUT2D eigenvalue weighted by Gasteiger charge is 2.15. The summed E-state index contributed by atoms with van der Waals surface area (Å²) < 4.78 is 19.8. The Bertz CT molecular complexity index is 619. The van der Waals surface area contributed by atoms with Gasteiger partial charge in [0.2, 0.25) is 0 Å². The van der Waals surface area contributed by atoms with Crippen molar-refractivity contribution in [2.24, 2.45) is 5.84 Å². The Morgan fingerprint density at radius 1 is 1.14 bits per heavy atom. The predicted octanol–water partition coefficient (Wildman–Crippen LogP) is 3.93. The zero-order valence-electron chi connectivity index (χ0n) is 11.9. The fourth-order valence-electron chi connectivity index (χ4n) is 2.12. The van der Waals surface area contributed by atoms with E-state index in [1.807, 2.05) is 44.2 Å². The number of nitrogens with two attached hydrogens (primary N) is 1. The summed E-state index contributed by atoms with van der Waals surface area (Å²) in [7, 11) is 0. The Hall–Kier alpha value is -1.43. The molecule has 1 atom stereocenters. The van der Waals surface area contributed by atoms with Crippen molar-refractivity contribution in [2.45, 2.75) is 26.0 Å². The van der Waals surface area contributed by atoms with E-state index in [1.165, 1.54) is 6.07 Å². The van der Waals surface area contributed by atoms with Crippen LogP contribution in [0.2, 0.25) is 0 Å². The highest BCUT2D eigenvalue weighted by molar-refractivity contribution is 9.10. The molecule has 21 heavy (non-hydrogen) atoms. The van der Waals surface area contributed by atoms with Crippen molar-refractivity contribution in [1.29, 1.82) is 0 Å². The molecule has 3 N–H and O–H groups in total. The maximum Gasteiger partial charge on any atom is 0.137 e. The van der Waals surface area contributed by atoms with Crippen LogP contribution in [0.25, 0.3) is 0 Å². The lowest BCUT2D eigenvalue weighted by Crippen LogP contribution is -2.29. The third-order valence-electron chi connectivity index (χ3n) is 3.01. The number of hydrogen-bond donors (Lipinski definition) is 2. The Morgan fingerprint density at radius 3 is 2.48 bits per heavy atom. The van der Waals surface area contributed by atoms with Gasteiger partial charge in [-0.1, -0.05) is 18.2 Å². The molecular formula is C16H18BrFN2O. The van der Waals surface area contributed by atoms with Crippen LogP contribution in [0.4, 0.5) is 4.39 Å². The van der Waals surface area contributed by atoms with Crippen LogP contribution < -0.4 is 16.0 Å². The van der Waals surface area contributed by atoms with Crippen molar-refractivity contribution in [3.05, 3.63) is 63.9 Å². The van der Waals surface area contributed by atoms with Crippen LogP contribution in [-0.4, -0.2) is 6.10 Å². The molecule has 2 aromatic rings. The number of ether oxygens (including phenoxy) is 1. The quantitative estimate of drug-likeness (QED) is 0.633. The first kappa shape index (κ1) is 15.9. The predicted molar refractivity (Wildman–Crippen MR) is 85.5 cm³/mol. The largest absolute Gasteiger partial charge is 0.491 e. The van der Waals surface area contributed by atoms with Gasteiger partial charge in [-0.25, -0.2) is 9.82 Å². The first-order chi connectivity index (χ1) is 10.0. The molecule has 0 aromatic heterocycles. The Labute approximate surface area is 132 Å². The molecule has 1 unspecified atom stereocenters.